The molecule has 1 aromatic rings. The Morgan fingerprint density at radius 2 is 2.25 bits per heavy atom. The van der Waals surface area contributed by atoms with E-state index in [0.717, 1.165) is 18.5 Å². The number of aromatic amines is 1. The molecule has 1 aliphatic rings. The van der Waals surface area contributed by atoms with Crippen molar-refractivity contribution in [3.8, 4) is 0 Å². The lowest BCUT2D eigenvalue weighted by Crippen LogP contribution is -2.15. The summed E-state index contributed by atoms with van der Waals surface area (Å²) >= 11 is 0. The Labute approximate surface area is 93.1 Å². The van der Waals surface area contributed by atoms with E-state index in [1.54, 1.807) is 0 Å². The number of carbonyl (C=O) groups is 1. The summed E-state index contributed by atoms with van der Waals surface area (Å²) in [5.41, 5.74) is 7.27. The summed E-state index contributed by atoms with van der Waals surface area (Å²) in [6, 6.07) is 0. The van der Waals surface area contributed by atoms with Crippen LogP contribution in [-0.4, -0.2) is 36.5 Å². The van der Waals surface area contributed by atoms with Gasteiger partial charge in [0.05, 0.1) is 18.5 Å². The van der Waals surface area contributed by atoms with Crippen molar-refractivity contribution >= 4 is 11.7 Å². The molecule has 0 aliphatic carbocycles. The average Bonchev–Trinajstić information content (AvgIpc) is 2.71. The number of nitrogens with one attached hydrogen (secondary N) is 1. The number of nitrogens with two attached hydrogens (primary N) is 1. The lowest BCUT2D eigenvalue weighted by atomic mass is 9.95. The molecular weight excluding hydrogens is 210 g/mol. The molecule has 1 fully saturated rings. The summed E-state index contributed by atoms with van der Waals surface area (Å²) in [6.45, 7) is 1.43. The standard InChI is InChI=1S/C10H15N3O3/c1-15-10(14)9-7(11)8(12-13-9)6-2-4-16-5-3-6/h6H,2-5,11H2,1H3,(H,12,13). The van der Waals surface area contributed by atoms with Gasteiger partial charge in [-0.1, -0.05) is 0 Å². The molecule has 0 unspecified atom stereocenters. The summed E-state index contributed by atoms with van der Waals surface area (Å²) in [5, 5.41) is 6.73. The van der Waals surface area contributed by atoms with Gasteiger partial charge in [0, 0.05) is 19.1 Å². The fraction of sp³-hybridized carbons (Fsp3) is 0.600. The van der Waals surface area contributed by atoms with E-state index in [1.807, 2.05) is 0 Å². The minimum Gasteiger partial charge on any atom is -0.464 e. The molecule has 6 heteroatoms. The molecule has 6 nitrogen and oxygen atoms in total. The van der Waals surface area contributed by atoms with Gasteiger partial charge in [0.25, 0.3) is 0 Å². The van der Waals surface area contributed by atoms with E-state index in [-0.39, 0.29) is 11.6 Å². The highest BCUT2D eigenvalue weighted by molar-refractivity contribution is 5.93. The summed E-state index contributed by atoms with van der Waals surface area (Å²) in [6.07, 6.45) is 1.77. The number of carbonyl (C=O) groups excluding carboxylic acids is 1. The van der Waals surface area contributed by atoms with Gasteiger partial charge in [-0.3, -0.25) is 5.10 Å². The molecule has 3 N–H and O–H groups in total. The number of methoxy groups -OCH3 is 1. The third-order valence-electron chi connectivity index (χ3n) is 2.83. The Bertz CT molecular complexity index is 383. The molecule has 0 atom stereocenters. The van der Waals surface area contributed by atoms with Crippen molar-refractivity contribution in [1.29, 1.82) is 0 Å². The highest BCUT2D eigenvalue weighted by atomic mass is 16.5. The molecule has 0 radical (unpaired) electrons. The van der Waals surface area contributed by atoms with Crippen molar-refractivity contribution in [1.82, 2.24) is 10.2 Å². The zero-order chi connectivity index (χ0) is 11.5. The van der Waals surface area contributed by atoms with Gasteiger partial charge in [0.15, 0.2) is 5.69 Å². The number of H-pyrrole nitrogens is 1. The average molecular weight is 225 g/mol. The minimum absolute atomic E-state index is 0.240. The van der Waals surface area contributed by atoms with Gasteiger partial charge in [0.2, 0.25) is 0 Å². The molecular formula is C10H15N3O3. The molecule has 2 heterocycles. The van der Waals surface area contributed by atoms with Crippen LogP contribution >= 0.6 is 0 Å². The van der Waals surface area contributed by atoms with Crippen molar-refractivity contribution in [2.24, 2.45) is 0 Å². The van der Waals surface area contributed by atoms with Gasteiger partial charge in [-0.2, -0.15) is 5.10 Å². The van der Waals surface area contributed by atoms with Gasteiger partial charge >= 0.3 is 5.97 Å². The predicted octanol–water partition coefficient (Wildman–Crippen LogP) is 0.672. The van der Waals surface area contributed by atoms with E-state index in [0.29, 0.717) is 18.9 Å². The molecule has 0 amide bonds. The van der Waals surface area contributed by atoms with Crippen LogP contribution in [0.4, 0.5) is 5.69 Å². The highest BCUT2D eigenvalue weighted by Crippen LogP contribution is 2.30. The van der Waals surface area contributed by atoms with Crippen LogP contribution in [0.5, 0.6) is 0 Å². The smallest absolute Gasteiger partial charge is 0.358 e. The van der Waals surface area contributed by atoms with Crippen LogP contribution in [0.15, 0.2) is 0 Å². The summed E-state index contributed by atoms with van der Waals surface area (Å²) in [5.74, 6) is -0.216. The largest absolute Gasteiger partial charge is 0.464 e. The van der Waals surface area contributed by atoms with E-state index in [1.165, 1.54) is 7.11 Å². The van der Waals surface area contributed by atoms with Crippen molar-refractivity contribution in [2.45, 2.75) is 18.8 Å². The molecule has 1 aliphatic heterocycles. The Morgan fingerprint density at radius 1 is 1.56 bits per heavy atom. The molecule has 0 saturated carbocycles. The predicted molar refractivity (Wildman–Crippen MR) is 57.1 cm³/mol. The summed E-state index contributed by atoms with van der Waals surface area (Å²) in [4.78, 5) is 11.3. The number of rotatable bonds is 2. The second-order valence-corrected chi connectivity index (χ2v) is 3.78. The third-order valence-corrected chi connectivity index (χ3v) is 2.83. The molecule has 1 saturated heterocycles. The monoisotopic (exact) mass is 225 g/mol. The Kier molecular flexibility index (Phi) is 3.09. The van der Waals surface area contributed by atoms with E-state index in [4.69, 9.17) is 10.5 Å². The van der Waals surface area contributed by atoms with Gasteiger partial charge in [0.1, 0.15) is 0 Å². The van der Waals surface area contributed by atoms with Crippen LogP contribution in [0.3, 0.4) is 0 Å². The molecule has 0 spiro atoms. The lowest BCUT2D eigenvalue weighted by molar-refractivity contribution is 0.0595. The van der Waals surface area contributed by atoms with Crippen LogP contribution in [0, 0.1) is 0 Å². The Morgan fingerprint density at radius 3 is 2.88 bits per heavy atom. The molecule has 16 heavy (non-hydrogen) atoms. The van der Waals surface area contributed by atoms with Crippen molar-refractivity contribution in [3.63, 3.8) is 0 Å². The van der Waals surface area contributed by atoms with Gasteiger partial charge < -0.3 is 15.2 Å². The number of hydrogen-bond donors (Lipinski definition) is 2. The number of nitrogen functional groups attached to an aromatic ring is 1. The quantitative estimate of drug-likeness (QED) is 0.722. The molecule has 0 bridgehead atoms. The van der Waals surface area contributed by atoms with Gasteiger partial charge in [-0.15, -0.1) is 0 Å². The first kappa shape index (κ1) is 10.9. The first-order chi connectivity index (χ1) is 7.74. The topological polar surface area (TPSA) is 90.2 Å². The first-order valence-electron chi connectivity index (χ1n) is 5.23. The maximum Gasteiger partial charge on any atom is 0.358 e. The number of anilines is 1. The number of hydrogen-bond acceptors (Lipinski definition) is 5. The molecule has 2 rings (SSSR count). The van der Waals surface area contributed by atoms with Crippen LogP contribution in [0.2, 0.25) is 0 Å². The zero-order valence-corrected chi connectivity index (χ0v) is 9.16. The Balaban J connectivity index is 2.21. The first-order valence-corrected chi connectivity index (χ1v) is 5.23. The number of ether oxygens (including phenoxy) is 2. The normalized spacial score (nSPS) is 17.3. The number of aromatic nitrogens is 2. The fourth-order valence-corrected chi connectivity index (χ4v) is 1.90. The SMILES string of the molecule is COC(=O)c1[nH]nc(C2CCOCC2)c1N. The van der Waals surface area contributed by atoms with Gasteiger partial charge in [-0.25, -0.2) is 4.79 Å². The second kappa shape index (κ2) is 4.52. The number of nitrogens with zero attached hydrogens (tertiary/aromatic N) is 1. The summed E-state index contributed by atoms with van der Waals surface area (Å²) < 4.78 is 9.87. The van der Waals surface area contributed by atoms with Crippen molar-refractivity contribution in [3.05, 3.63) is 11.4 Å². The van der Waals surface area contributed by atoms with E-state index in [2.05, 4.69) is 14.9 Å². The maximum absolute atomic E-state index is 11.3. The Hall–Kier alpha value is -1.56. The third kappa shape index (κ3) is 1.88. The zero-order valence-electron chi connectivity index (χ0n) is 9.16. The minimum atomic E-state index is -0.483. The highest BCUT2D eigenvalue weighted by Gasteiger charge is 2.25. The van der Waals surface area contributed by atoms with E-state index >= 15 is 0 Å². The van der Waals surface area contributed by atoms with Crippen LogP contribution in [0.25, 0.3) is 0 Å². The van der Waals surface area contributed by atoms with E-state index < -0.39 is 5.97 Å². The van der Waals surface area contributed by atoms with Gasteiger partial charge in [-0.05, 0) is 12.8 Å². The maximum atomic E-state index is 11.3. The van der Waals surface area contributed by atoms with Crippen LogP contribution in [-0.2, 0) is 9.47 Å². The fourth-order valence-electron chi connectivity index (χ4n) is 1.90. The van der Waals surface area contributed by atoms with E-state index in [9.17, 15) is 4.79 Å². The molecule has 88 valence electrons. The lowest BCUT2D eigenvalue weighted by Gasteiger charge is -2.20. The molecule has 0 aromatic carbocycles. The molecule has 1 aromatic heterocycles. The van der Waals surface area contributed by atoms with Crippen LogP contribution in [0.1, 0.15) is 34.9 Å². The number of esters is 1. The van der Waals surface area contributed by atoms with Crippen molar-refractivity contribution in [2.75, 3.05) is 26.1 Å². The van der Waals surface area contributed by atoms with Crippen molar-refractivity contribution < 1.29 is 14.3 Å². The second-order valence-electron chi connectivity index (χ2n) is 3.78. The summed E-state index contributed by atoms with van der Waals surface area (Å²) in [7, 11) is 1.32. The van der Waals surface area contributed by atoms with Crippen LogP contribution < -0.4 is 5.73 Å².